The van der Waals surface area contributed by atoms with Crippen LogP contribution in [0.5, 0.6) is 0 Å². The zero-order valence-corrected chi connectivity index (χ0v) is 15.4. The third-order valence-corrected chi connectivity index (χ3v) is 4.82. The molecule has 1 aliphatic heterocycles. The number of fused-ring (bicyclic) bond motifs is 1. The van der Waals surface area contributed by atoms with Gasteiger partial charge in [0.15, 0.2) is 0 Å². The number of aromatic nitrogens is 3. The number of benzene rings is 2. The number of nitrogens with one attached hydrogen (secondary N) is 1. The van der Waals surface area contributed by atoms with Gasteiger partial charge in [0.25, 0.3) is 0 Å². The van der Waals surface area contributed by atoms with Crippen LogP contribution in [-0.2, 0) is 0 Å². The zero-order chi connectivity index (χ0) is 18.7. The van der Waals surface area contributed by atoms with Gasteiger partial charge in [-0.1, -0.05) is 41.4 Å². The SMILES string of the molecule is CO.Fc1cccc(Cl)c1[C@@H]1C[C@H](c2ccc(Cl)cc2)Nc2ncnn21. The summed E-state index contributed by atoms with van der Waals surface area (Å²) in [5.41, 5.74) is 1.48. The van der Waals surface area contributed by atoms with E-state index in [1.165, 1.54) is 12.4 Å². The van der Waals surface area contributed by atoms with E-state index in [0.29, 0.717) is 28.0 Å². The summed E-state index contributed by atoms with van der Waals surface area (Å²) >= 11 is 12.2. The quantitative estimate of drug-likeness (QED) is 0.672. The van der Waals surface area contributed by atoms with E-state index in [-0.39, 0.29) is 17.9 Å². The molecular formula is C18H17Cl2FN4O. The van der Waals surface area contributed by atoms with Crippen LogP contribution in [-0.4, -0.2) is 27.0 Å². The first-order chi connectivity index (χ1) is 12.6. The molecular weight excluding hydrogens is 378 g/mol. The molecule has 2 aromatic carbocycles. The molecule has 1 aromatic heterocycles. The fourth-order valence-corrected chi connectivity index (χ4v) is 3.52. The van der Waals surface area contributed by atoms with Gasteiger partial charge in [0, 0.05) is 22.7 Å². The Morgan fingerprint density at radius 1 is 1.15 bits per heavy atom. The van der Waals surface area contributed by atoms with Crippen molar-refractivity contribution < 1.29 is 9.50 Å². The molecule has 0 saturated carbocycles. The summed E-state index contributed by atoms with van der Waals surface area (Å²) in [6.45, 7) is 0. The first kappa shape index (κ1) is 18.6. The smallest absolute Gasteiger partial charge is 0.222 e. The van der Waals surface area contributed by atoms with Gasteiger partial charge in [0.2, 0.25) is 5.95 Å². The highest BCUT2D eigenvalue weighted by Crippen LogP contribution is 2.40. The van der Waals surface area contributed by atoms with Crippen LogP contribution >= 0.6 is 23.2 Å². The Balaban J connectivity index is 0.000000948. The number of aliphatic hydroxyl groups is 1. The number of anilines is 1. The number of nitrogens with zero attached hydrogens (tertiary/aromatic N) is 3. The van der Waals surface area contributed by atoms with Gasteiger partial charge in [0.05, 0.1) is 12.1 Å². The monoisotopic (exact) mass is 394 g/mol. The van der Waals surface area contributed by atoms with Crippen LogP contribution in [0.2, 0.25) is 10.0 Å². The van der Waals surface area contributed by atoms with E-state index in [0.717, 1.165) is 12.7 Å². The van der Waals surface area contributed by atoms with Gasteiger partial charge < -0.3 is 10.4 Å². The third kappa shape index (κ3) is 3.53. The first-order valence-electron chi connectivity index (χ1n) is 7.93. The second-order valence-electron chi connectivity index (χ2n) is 5.66. The summed E-state index contributed by atoms with van der Waals surface area (Å²) in [6, 6.07) is 11.9. The van der Waals surface area contributed by atoms with Crippen molar-refractivity contribution in [1.29, 1.82) is 0 Å². The molecule has 0 spiro atoms. The molecule has 2 N–H and O–H groups in total. The standard InChI is InChI=1S/C17H13Cl2FN4.CH4O/c18-11-6-4-10(5-7-11)14-8-15(24-17(23-14)21-9-22-24)16-12(19)2-1-3-13(16)20;1-2/h1-7,9,14-15H,8H2,(H,21,22,23);2H,1H3/t14-,15+;/m1./s1. The van der Waals surface area contributed by atoms with E-state index < -0.39 is 0 Å². The van der Waals surface area contributed by atoms with Crippen molar-refractivity contribution in [2.45, 2.75) is 18.5 Å². The van der Waals surface area contributed by atoms with Gasteiger partial charge >= 0.3 is 0 Å². The Bertz CT molecular complexity index is 865. The highest BCUT2D eigenvalue weighted by atomic mass is 35.5. The first-order valence-corrected chi connectivity index (χ1v) is 8.69. The molecule has 5 nitrogen and oxygen atoms in total. The molecule has 0 saturated heterocycles. The van der Waals surface area contributed by atoms with Crippen LogP contribution in [0.25, 0.3) is 0 Å². The molecule has 0 aliphatic carbocycles. The number of halogens is 3. The maximum absolute atomic E-state index is 14.4. The second-order valence-corrected chi connectivity index (χ2v) is 6.51. The summed E-state index contributed by atoms with van der Waals surface area (Å²) in [6.07, 6.45) is 2.05. The maximum atomic E-state index is 14.4. The minimum Gasteiger partial charge on any atom is -0.400 e. The average molecular weight is 395 g/mol. The molecule has 1 aliphatic rings. The second kappa shape index (κ2) is 8.03. The molecule has 0 amide bonds. The fourth-order valence-electron chi connectivity index (χ4n) is 3.10. The van der Waals surface area contributed by atoms with Gasteiger partial charge in [-0.15, -0.1) is 0 Å². The molecule has 26 heavy (non-hydrogen) atoms. The number of rotatable bonds is 2. The van der Waals surface area contributed by atoms with Crippen LogP contribution in [0, 0.1) is 5.82 Å². The number of aliphatic hydroxyl groups excluding tert-OH is 1. The van der Waals surface area contributed by atoms with Crippen molar-refractivity contribution >= 4 is 29.2 Å². The van der Waals surface area contributed by atoms with E-state index in [1.807, 2.05) is 24.3 Å². The Morgan fingerprint density at radius 2 is 1.88 bits per heavy atom. The van der Waals surface area contributed by atoms with Gasteiger partial charge in [-0.25, -0.2) is 9.07 Å². The summed E-state index contributed by atoms with van der Waals surface area (Å²) in [5.74, 6) is 0.247. The lowest BCUT2D eigenvalue weighted by molar-refractivity contribution is 0.399. The Labute approximate surface area is 160 Å². The number of hydrogen-bond acceptors (Lipinski definition) is 4. The largest absolute Gasteiger partial charge is 0.400 e. The Kier molecular flexibility index (Phi) is 5.76. The van der Waals surface area contributed by atoms with Crippen molar-refractivity contribution in [3.63, 3.8) is 0 Å². The Morgan fingerprint density at radius 3 is 2.58 bits per heavy atom. The zero-order valence-electron chi connectivity index (χ0n) is 13.9. The molecule has 4 rings (SSSR count). The van der Waals surface area contributed by atoms with E-state index in [2.05, 4.69) is 15.4 Å². The number of hydrogen-bond donors (Lipinski definition) is 2. The molecule has 0 bridgehead atoms. The van der Waals surface area contributed by atoms with Gasteiger partial charge in [-0.2, -0.15) is 10.1 Å². The highest BCUT2D eigenvalue weighted by molar-refractivity contribution is 6.31. The van der Waals surface area contributed by atoms with Crippen molar-refractivity contribution in [2.24, 2.45) is 0 Å². The highest BCUT2D eigenvalue weighted by Gasteiger charge is 2.32. The lowest BCUT2D eigenvalue weighted by Crippen LogP contribution is -2.28. The van der Waals surface area contributed by atoms with Crippen LogP contribution in [0.4, 0.5) is 10.3 Å². The topological polar surface area (TPSA) is 63.0 Å². The van der Waals surface area contributed by atoms with E-state index in [1.54, 1.807) is 16.8 Å². The predicted octanol–water partition coefficient (Wildman–Crippen LogP) is 4.48. The molecule has 136 valence electrons. The molecule has 0 fully saturated rings. The Hall–Kier alpha value is -2.15. The molecule has 2 heterocycles. The summed E-state index contributed by atoms with van der Waals surface area (Å²) < 4.78 is 16.1. The van der Waals surface area contributed by atoms with Crippen molar-refractivity contribution in [3.8, 4) is 0 Å². The molecule has 2 atom stereocenters. The molecule has 0 unspecified atom stereocenters. The van der Waals surface area contributed by atoms with Crippen LogP contribution in [0.3, 0.4) is 0 Å². The van der Waals surface area contributed by atoms with Crippen LogP contribution in [0.15, 0.2) is 48.8 Å². The molecule has 8 heteroatoms. The van der Waals surface area contributed by atoms with Crippen LogP contribution < -0.4 is 5.32 Å². The average Bonchev–Trinajstić information content (AvgIpc) is 3.12. The van der Waals surface area contributed by atoms with E-state index in [9.17, 15) is 4.39 Å². The van der Waals surface area contributed by atoms with Gasteiger partial charge in [-0.05, 0) is 36.2 Å². The predicted molar refractivity (Wildman–Crippen MR) is 100 cm³/mol. The lowest BCUT2D eigenvalue weighted by Gasteiger charge is -2.32. The van der Waals surface area contributed by atoms with Gasteiger partial charge in [0.1, 0.15) is 12.1 Å². The fraction of sp³-hybridized carbons (Fsp3) is 0.222. The van der Waals surface area contributed by atoms with Crippen LogP contribution in [0.1, 0.15) is 29.6 Å². The van der Waals surface area contributed by atoms with Gasteiger partial charge in [-0.3, -0.25) is 0 Å². The van der Waals surface area contributed by atoms with Crippen molar-refractivity contribution in [3.05, 3.63) is 75.8 Å². The maximum Gasteiger partial charge on any atom is 0.222 e. The third-order valence-electron chi connectivity index (χ3n) is 4.24. The molecule has 3 aromatic rings. The summed E-state index contributed by atoms with van der Waals surface area (Å²) in [5, 5.41) is 15.6. The van der Waals surface area contributed by atoms with Crippen molar-refractivity contribution in [2.75, 3.05) is 12.4 Å². The molecule has 0 radical (unpaired) electrons. The van der Waals surface area contributed by atoms with Crippen molar-refractivity contribution in [1.82, 2.24) is 14.8 Å². The minimum atomic E-state index is -0.342. The minimum absolute atomic E-state index is 0.0420. The van der Waals surface area contributed by atoms with E-state index >= 15 is 0 Å². The summed E-state index contributed by atoms with van der Waals surface area (Å²) in [4.78, 5) is 4.23. The lowest BCUT2D eigenvalue weighted by atomic mass is 9.93. The normalized spacial score (nSPS) is 18.3. The van der Waals surface area contributed by atoms with E-state index in [4.69, 9.17) is 28.3 Å². The summed E-state index contributed by atoms with van der Waals surface area (Å²) in [7, 11) is 1.00.